The molecule has 0 N–H and O–H groups in total. The lowest BCUT2D eigenvalue weighted by Crippen LogP contribution is -2.63. The van der Waals surface area contributed by atoms with Gasteiger partial charge in [0.2, 0.25) is 0 Å². The van der Waals surface area contributed by atoms with Crippen LogP contribution >= 0.6 is 0 Å². The molecule has 1 heterocycles. The number of unbranched alkanes of at least 4 members (excludes halogenated alkanes) is 28. The van der Waals surface area contributed by atoms with Gasteiger partial charge in [0.25, 0.3) is 0 Å². The lowest BCUT2D eigenvalue weighted by atomic mass is 9.78. The van der Waals surface area contributed by atoms with Gasteiger partial charge in [-0.15, -0.1) is 0 Å². The van der Waals surface area contributed by atoms with Crippen molar-refractivity contribution >= 4 is 11.9 Å². The Morgan fingerprint density at radius 1 is 0.462 bits per heavy atom. The average molecular weight is 734 g/mol. The van der Waals surface area contributed by atoms with Crippen LogP contribution in [0.2, 0.25) is 0 Å². The Morgan fingerprint density at radius 3 is 1.08 bits per heavy atom. The number of esters is 2. The van der Waals surface area contributed by atoms with Crippen molar-refractivity contribution in [3.8, 4) is 0 Å². The van der Waals surface area contributed by atoms with Gasteiger partial charge in [0, 0.05) is 43.3 Å². The molecule has 0 spiro atoms. The predicted molar refractivity (Wildman–Crippen MR) is 224 cm³/mol. The number of carbonyl (C=O) groups excluding carboxylic acids is 2. The summed E-state index contributed by atoms with van der Waals surface area (Å²) in [4.78, 5) is 27.7. The van der Waals surface area contributed by atoms with Crippen LogP contribution in [-0.2, 0) is 19.1 Å². The molecule has 0 radical (unpaired) electrons. The van der Waals surface area contributed by atoms with E-state index in [1.165, 1.54) is 167 Å². The van der Waals surface area contributed by atoms with E-state index in [-0.39, 0.29) is 29.1 Å². The van der Waals surface area contributed by atoms with Gasteiger partial charge in [-0.05, 0) is 40.5 Å². The molecular weight excluding hydrogens is 643 g/mol. The highest BCUT2D eigenvalue weighted by atomic mass is 16.5. The van der Waals surface area contributed by atoms with Crippen molar-refractivity contribution in [1.29, 1.82) is 0 Å². The van der Waals surface area contributed by atoms with E-state index in [1.807, 2.05) is 0 Å². The minimum atomic E-state index is -0.137. The lowest BCUT2D eigenvalue weighted by molar-refractivity contribution is -0.163. The zero-order valence-corrected chi connectivity index (χ0v) is 36.1. The van der Waals surface area contributed by atoms with E-state index in [4.69, 9.17) is 9.47 Å². The van der Waals surface area contributed by atoms with E-state index < -0.39 is 0 Å². The van der Waals surface area contributed by atoms with E-state index in [0.29, 0.717) is 26.0 Å². The van der Waals surface area contributed by atoms with Gasteiger partial charge in [-0.2, -0.15) is 0 Å². The quantitative estimate of drug-likeness (QED) is 0.0474. The van der Waals surface area contributed by atoms with E-state index in [1.54, 1.807) is 0 Å². The molecule has 52 heavy (non-hydrogen) atoms. The molecule has 308 valence electrons. The molecule has 5 nitrogen and oxygen atoms in total. The third-order valence-corrected chi connectivity index (χ3v) is 11.8. The highest BCUT2D eigenvalue weighted by molar-refractivity contribution is 5.69. The standard InChI is InChI=1S/C47H91NO4/c1-7-9-11-13-15-17-19-21-23-25-27-29-31-33-35-37-44(49)51-40-39-48-46(3,4)41-43(42-47(48,5)6)52-45(50)38-36-34-32-30-28-26-24-22-20-18-16-14-12-10-8-2/h43H,7-42H2,1-6H3. The van der Waals surface area contributed by atoms with Gasteiger partial charge >= 0.3 is 11.9 Å². The normalized spacial score (nSPS) is 16.0. The second kappa shape index (κ2) is 32.2. The second-order valence-corrected chi connectivity index (χ2v) is 17.9. The van der Waals surface area contributed by atoms with Crippen LogP contribution in [0.1, 0.15) is 260 Å². The Labute approximate surface area is 325 Å². The molecular formula is C47H91NO4. The topological polar surface area (TPSA) is 55.8 Å². The zero-order chi connectivity index (χ0) is 38.2. The molecule has 0 bridgehead atoms. The van der Waals surface area contributed by atoms with Crippen LogP contribution in [0.4, 0.5) is 0 Å². The van der Waals surface area contributed by atoms with Crippen LogP contribution in [0.3, 0.4) is 0 Å². The summed E-state index contributed by atoms with van der Waals surface area (Å²) in [6.45, 7) is 14.7. The molecule has 0 atom stereocenters. The maximum absolute atomic E-state index is 12.8. The van der Waals surface area contributed by atoms with Crippen molar-refractivity contribution in [2.45, 2.75) is 277 Å². The van der Waals surface area contributed by atoms with Gasteiger partial charge in [-0.3, -0.25) is 14.5 Å². The van der Waals surface area contributed by atoms with Crippen molar-refractivity contribution in [2.24, 2.45) is 0 Å². The Balaban J connectivity index is 2.07. The molecule has 0 amide bonds. The van der Waals surface area contributed by atoms with Gasteiger partial charge in [0.1, 0.15) is 12.7 Å². The monoisotopic (exact) mass is 734 g/mol. The molecule has 0 aliphatic carbocycles. The molecule has 1 aliphatic heterocycles. The smallest absolute Gasteiger partial charge is 0.306 e. The summed E-state index contributed by atoms with van der Waals surface area (Å²) in [5.41, 5.74) is -0.274. The summed E-state index contributed by atoms with van der Waals surface area (Å²) in [5, 5.41) is 0. The first kappa shape index (κ1) is 48.9. The van der Waals surface area contributed by atoms with E-state index in [2.05, 4.69) is 46.4 Å². The van der Waals surface area contributed by atoms with Crippen LogP contribution in [0.25, 0.3) is 0 Å². The van der Waals surface area contributed by atoms with Crippen LogP contribution in [0.15, 0.2) is 0 Å². The fourth-order valence-corrected chi connectivity index (χ4v) is 8.76. The number of ether oxygens (including phenoxy) is 2. The van der Waals surface area contributed by atoms with Crippen molar-refractivity contribution in [3.63, 3.8) is 0 Å². The van der Waals surface area contributed by atoms with Crippen molar-refractivity contribution in [2.75, 3.05) is 13.2 Å². The second-order valence-electron chi connectivity index (χ2n) is 17.9. The largest absolute Gasteiger partial charge is 0.464 e. The molecule has 0 aromatic carbocycles. The highest BCUT2D eigenvalue weighted by Gasteiger charge is 2.46. The summed E-state index contributed by atoms with van der Waals surface area (Å²) in [7, 11) is 0. The third kappa shape index (κ3) is 26.6. The van der Waals surface area contributed by atoms with E-state index in [0.717, 1.165) is 38.5 Å². The zero-order valence-electron chi connectivity index (χ0n) is 36.1. The molecule has 0 unspecified atom stereocenters. The fourth-order valence-electron chi connectivity index (χ4n) is 8.76. The number of nitrogens with zero attached hydrogens (tertiary/aromatic N) is 1. The molecule has 0 saturated carbocycles. The van der Waals surface area contributed by atoms with Crippen molar-refractivity contribution in [1.82, 2.24) is 4.90 Å². The third-order valence-electron chi connectivity index (χ3n) is 11.8. The first-order chi connectivity index (χ1) is 25.1. The highest BCUT2D eigenvalue weighted by Crippen LogP contribution is 2.39. The SMILES string of the molecule is CCCCCCCCCCCCCCCCCC(=O)OCCN1C(C)(C)CC(OC(=O)CCCCCCCCCCCCCCCCC)CC1(C)C. The lowest BCUT2D eigenvalue weighted by Gasteiger charge is -2.54. The first-order valence-corrected chi connectivity index (χ1v) is 23.2. The summed E-state index contributed by atoms with van der Waals surface area (Å²) in [5.74, 6) is -0.0969. The molecule has 1 aliphatic rings. The van der Waals surface area contributed by atoms with E-state index in [9.17, 15) is 9.59 Å². The van der Waals surface area contributed by atoms with Crippen molar-refractivity contribution < 1.29 is 19.1 Å². The van der Waals surface area contributed by atoms with Gasteiger partial charge in [-0.25, -0.2) is 0 Å². The Morgan fingerprint density at radius 2 is 0.750 bits per heavy atom. The Bertz CT molecular complexity index is 821. The number of likely N-dealkylation sites (tertiary alicyclic amines) is 1. The van der Waals surface area contributed by atoms with Crippen LogP contribution < -0.4 is 0 Å². The van der Waals surface area contributed by atoms with Crippen LogP contribution in [-0.4, -0.2) is 47.2 Å². The molecule has 0 aromatic rings. The summed E-state index contributed by atoms with van der Waals surface area (Å²) < 4.78 is 11.7. The fraction of sp³-hybridized carbons (Fsp3) is 0.957. The number of piperidine rings is 1. The first-order valence-electron chi connectivity index (χ1n) is 23.2. The summed E-state index contributed by atoms with van der Waals surface area (Å²) in [6.07, 6.45) is 42.5. The molecule has 1 rings (SSSR count). The minimum absolute atomic E-state index is 0.0347. The Kier molecular flexibility index (Phi) is 30.3. The number of carbonyl (C=O) groups is 2. The van der Waals surface area contributed by atoms with Gasteiger partial charge in [-0.1, -0.05) is 194 Å². The van der Waals surface area contributed by atoms with Crippen molar-refractivity contribution in [3.05, 3.63) is 0 Å². The molecule has 5 heteroatoms. The van der Waals surface area contributed by atoms with Gasteiger partial charge in [0.15, 0.2) is 0 Å². The van der Waals surface area contributed by atoms with E-state index >= 15 is 0 Å². The minimum Gasteiger partial charge on any atom is -0.464 e. The number of hydrogen-bond acceptors (Lipinski definition) is 5. The number of rotatable bonds is 36. The average Bonchev–Trinajstić information content (AvgIpc) is 3.09. The summed E-state index contributed by atoms with van der Waals surface area (Å²) >= 11 is 0. The molecule has 0 aromatic heterocycles. The summed E-state index contributed by atoms with van der Waals surface area (Å²) in [6, 6.07) is 0. The van der Waals surface area contributed by atoms with Crippen LogP contribution in [0.5, 0.6) is 0 Å². The predicted octanol–water partition coefficient (Wildman–Crippen LogP) is 14.6. The van der Waals surface area contributed by atoms with Gasteiger partial charge < -0.3 is 9.47 Å². The number of hydrogen-bond donors (Lipinski definition) is 0. The van der Waals surface area contributed by atoms with Crippen LogP contribution in [0, 0.1) is 0 Å². The maximum atomic E-state index is 12.8. The molecule has 1 fully saturated rings. The Hall–Kier alpha value is -1.10. The van der Waals surface area contributed by atoms with Gasteiger partial charge in [0.05, 0.1) is 0 Å². The molecule has 1 saturated heterocycles. The maximum Gasteiger partial charge on any atom is 0.306 e.